The maximum Gasteiger partial charge on any atom is 0.265 e. The standard InChI is InChI=1S/C17H17BrN2O4S/c1-24-15-8-3-12(17(21)20-9-2-10-20)11-16(15)25(22,23)19-14-6-4-13(18)5-7-14/h3-8,11,19H,2,9-10H2,1H3. The van der Waals surface area contributed by atoms with Gasteiger partial charge in [-0.1, -0.05) is 15.9 Å². The minimum Gasteiger partial charge on any atom is -0.495 e. The summed E-state index contributed by atoms with van der Waals surface area (Å²) in [6.07, 6.45) is 0.970. The fraction of sp³-hybridized carbons (Fsp3) is 0.235. The number of halogens is 1. The van der Waals surface area contributed by atoms with Crippen molar-refractivity contribution in [1.82, 2.24) is 4.90 Å². The number of carbonyl (C=O) groups excluding carboxylic acids is 1. The molecule has 3 rings (SSSR count). The van der Waals surface area contributed by atoms with Crippen LogP contribution in [0, 0.1) is 0 Å². The van der Waals surface area contributed by atoms with E-state index in [2.05, 4.69) is 20.7 Å². The number of nitrogens with one attached hydrogen (secondary N) is 1. The number of nitrogens with zero attached hydrogens (tertiary/aromatic N) is 1. The molecule has 0 aromatic heterocycles. The number of rotatable bonds is 5. The number of carbonyl (C=O) groups is 1. The van der Waals surface area contributed by atoms with Crippen molar-refractivity contribution < 1.29 is 17.9 Å². The van der Waals surface area contributed by atoms with E-state index < -0.39 is 10.0 Å². The first-order chi connectivity index (χ1) is 11.9. The Labute approximate surface area is 155 Å². The first-order valence-electron chi connectivity index (χ1n) is 7.66. The third-order valence-corrected chi connectivity index (χ3v) is 5.87. The number of hydrogen-bond acceptors (Lipinski definition) is 4. The molecule has 1 aliphatic rings. The molecule has 0 saturated carbocycles. The maximum atomic E-state index is 12.8. The number of likely N-dealkylation sites (tertiary alicyclic amines) is 1. The smallest absolute Gasteiger partial charge is 0.265 e. The molecular formula is C17H17BrN2O4S. The van der Waals surface area contributed by atoms with Gasteiger partial charge in [0, 0.05) is 28.8 Å². The van der Waals surface area contributed by atoms with Crippen LogP contribution in [0.25, 0.3) is 0 Å². The summed E-state index contributed by atoms with van der Waals surface area (Å²) >= 11 is 3.30. The van der Waals surface area contributed by atoms with Gasteiger partial charge in [-0.25, -0.2) is 8.42 Å². The molecule has 0 spiro atoms. The zero-order valence-electron chi connectivity index (χ0n) is 13.5. The van der Waals surface area contributed by atoms with Crippen LogP contribution in [-0.4, -0.2) is 39.4 Å². The van der Waals surface area contributed by atoms with Crippen molar-refractivity contribution in [2.45, 2.75) is 11.3 Å². The van der Waals surface area contributed by atoms with E-state index in [1.54, 1.807) is 35.2 Å². The average Bonchev–Trinajstić information content (AvgIpc) is 2.54. The Kier molecular flexibility index (Phi) is 5.01. The molecule has 25 heavy (non-hydrogen) atoms. The van der Waals surface area contributed by atoms with Crippen molar-refractivity contribution in [2.75, 3.05) is 24.9 Å². The summed E-state index contributed by atoms with van der Waals surface area (Å²) in [5.74, 6) is 0.0127. The van der Waals surface area contributed by atoms with Crippen LogP contribution >= 0.6 is 15.9 Å². The zero-order chi connectivity index (χ0) is 18.0. The zero-order valence-corrected chi connectivity index (χ0v) is 15.9. The van der Waals surface area contributed by atoms with Crippen LogP contribution in [0.3, 0.4) is 0 Å². The molecule has 1 N–H and O–H groups in total. The van der Waals surface area contributed by atoms with Gasteiger partial charge in [0.2, 0.25) is 0 Å². The van der Waals surface area contributed by atoms with Gasteiger partial charge in [-0.05, 0) is 48.9 Å². The molecule has 0 radical (unpaired) electrons. The lowest BCUT2D eigenvalue weighted by Gasteiger charge is -2.31. The van der Waals surface area contributed by atoms with E-state index >= 15 is 0 Å². The first kappa shape index (κ1) is 17.8. The lowest BCUT2D eigenvalue weighted by atomic mass is 10.1. The third kappa shape index (κ3) is 3.80. The van der Waals surface area contributed by atoms with Crippen LogP contribution in [0.5, 0.6) is 5.75 Å². The molecule has 0 bridgehead atoms. The Hall–Kier alpha value is -2.06. The van der Waals surface area contributed by atoms with Crippen LogP contribution in [0.4, 0.5) is 5.69 Å². The third-order valence-electron chi connectivity index (χ3n) is 3.94. The van der Waals surface area contributed by atoms with Gasteiger partial charge in [0.05, 0.1) is 7.11 Å². The van der Waals surface area contributed by atoms with Gasteiger partial charge >= 0.3 is 0 Å². The van der Waals surface area contributed by atoms with E-state index in [1.807, 2.05) is 0 Å². The molecule has 1 amide bonds. The fourth-order valence-corrected chi connectivity index (χ4v) is 3.97. The molecular weight excluding hydrogens is 408 g/mol. The van der Waals surface area contributed by atoms with Crippen molar-refractivity contribution in [1.29, 1.82) is 0 Å². The Balaban J connectivity index is 1.95. The Morgan fingerprint density at radius 1 is 1.16 bits per heavy atom. The van der Waals surface area contributed by atoms with E-state index in [1.165, 1.54) is 19.2 Å². The molecule has 1 saturated heterocycles. The lowest BCUT2D eigenvalue weighted by molar-refractivity contribution is 0.0651. The van der Waals surface area contributed by atoms with E-state index in [-0.39, 0.29) is 16.6 Å². The van der Waals surface area contributed by atoms with Gasteiger partial charge in [0.25, 0.3) is 15.9 Å². The molecule has 0 aliphatic carbocycles. The number of amides is 1. The molecule has 6 nitrogen and oxygen atoms in total. The number of sulfonamides is 1. The van der Waals surface area contributed by atoms with Gasteiger partial charge < -0.3 is 9.64 Å². The highest BCUT2D eigenvalue weighted by atomic mass is 79.9. The van der Waals surface area contributed by atoms with Gasteiger partial charge in [-0.15, -0.1) is 0 Å². The Morgan fingerprint density at radius 3 is 2.40 bits per heavy atom. The van der Waals surface area contributed by atoms with Crippen LogP contribution in [-0.2, 0) is 10.0 Å². The predicted octanol–water partition coefficient (Wildman–Crippen LogP) is 3.10. The molecule has 1 aliphatic heterocycles. The SMILES string of the molecule is COc1ccc(C(=O)N2CCC2)cc1S(=O)(=O)Nc1ccc(Br)cc1. The van der Waals surface area contributed by atoms with Gasteiger partial charge in [0.1, 0.15) is 10.6 Å². The highest BCUT2D eigenvalue weighted by molar-refractivity contribution is 9.10. The van der Waals surface area contributed by atoms with Crippen molar-refractivity contribution in [3.05, 3.63) is 52.5 Å². The fourth-order valence-electron chi connectivity index (χ4n) is 2.45. The molecule has 2 aromatic carbocycles. The largest absolute Gasteiger partial charge is 0.495 e. The highest BCUT2D eigenvalue weighted by Crippen LogP contribution is 2.28. The van der Waals surface area contributed by atoms with Gasteiger partial charge in [-0.2, -0.15) is 0 Å². The first-order valence-corrected chi connectivity index (χ1v) is 9.94. The van der Waals surface area contributed by atoms with E-state index in [4.69, 9.17) is 4.74 Å². The van der Waals surface area contributed by atoms with Gasteiger partial charge in [0.15, 0.2) is 0 Å². The monoisotopic (exact) mass is 424 g/mol. The second-order valence-corrected chi connectivity index (χ2v) is 8.19. The van der Waals surface area contributed by atoms with E-state index in [9.17, 15) is 13.2 Å². The molecule has 0 atom stereocenters. The van der Waals surface area contributed by atoms with Crippen LogP contribution in [0.15, 0.2) is 51.8 Å². The quantitative estimate of drug-likeness (QED) is 0.799. The number of hydrogen-bond donors (Lipinski definition) is 1. The number of methoxy groups -OCH3 is 1. The molecule has 1 heterocycles. The summed E-state index contributed by atoms with van der Waals surface area (Å²) in [4.78, 5) is 14.0. The van der Waals surface area contributed by atoms with Crippen molar-refractivity contribution in [2.24, 2.45) is 0 Å². The Bertz CT molecular complexity index is 893. The number of ether oxygens (including phenoxy) is 1. The van der Waals surface area contributed by atoms with Crippen molar-refractivity contribution in [3.63, 3.8) is 0 Å². The molecule has 1 fully saturated rings. The summed E-state index contributed by atoms with van der Waals surface area (Å²) in [7, 11) is -2.51. The topological polar surface area (TPSA) is 75.7 Å². The van der Waals surface area contributed by atoms with Gasteiger partial charge in [-0.3, -0.25) is 9.52 Å². The lowest BCUT2D eigenvalue weighted by Crippen LogP contribution is -2.42. The van der Waals surface area contributed by atoms with Crippen LogP contribution in [0.2, 0.25) is 0 Å². The average molecular weight is 425 g/mol. The van der Waals surface area contributed by atoms with Crippen LogP contribution in [0.1, 0.15) is 16.8 Å². The summed E-state index contributed by atoms with van der Waals surface area (Å²) in [6, 6.07) is 11.2. The van der Waals surface area contributed by atoms with E-state index in [0.29, 0.717) is 24.3 Å². The normalized spacial score (nSPS) is 13.9. The Morgan fingerprint density at radius 2 is 1.84 bits per heavy atom. The highest BCUT2D eigenvalue weighted by Gasteiger charge is 2.26. The summed E-state index contributed by atoms with van der Waals surface area (Å²) in [5.41, 5.74) is 0.751. The molecule has 0 unspecified atom stereocenters. The molecule has 2 aromatic rings. The van der Waals surface area contributed by atoms with Crippen molar-refractivity contribution in [3.8, 4) is 5.75 Å². The maximum absolute atomic E-state index is 12.8. The number of anilines is 1. The second kappa shape index (κ2) is 7.05. The van der Waals surface area contributed by atoms with E-state index in [0.717, 1.165) is 10.9 Å². The summed E-state index contributed by atoms with van der Waals surface area (Å²) in [6.45, 7) is 1.40. The predicted molar refractivity (Wildman–Crippen MR) is 98.5 cm³/mol. The van der Waals surface area contributed by atoms with Crippen LogP contribution < -0.4 is 9.46 Å². The van der Waals surface area contributed by atoms with Crippen molar-refractivity contribution >= 4 is 37.5 Å². The molecule has 8 heteroatoms. The molecule has 132 valence electrons. The second-order valence-electron chi connectivity index (χ2n) is 5.62. The summed E-state index contributed by atoms with van der Waals surface area (Å²) < 4.78 is 34.1. The summed E-state index contributed by atoms with van der Waals surface area (Å²) in [5, 5.41) is 0. The minimum atomic E-state index is -3.90. The number of benzene rings is 2. The minimum absolute atomic E-state index is 0.0655.